The van der Waals surface area contributed by atoms with Gasteiger partial charge >= 0.3 is 0 Å². The number of rotatable bonds is 4. The van der Waals surface area contributed by atoms with Crippen molar-refractivity contribution in [3.63, 3.8) is 0 Å². The molecule has 0 aliphatic heterocycles. The molecule has 0 atom stereocenters. The van der Waals surface area contributed by atoms with Crippen molar-refractivity contribution in [3.8, 4) is 0 Å². The minimum Gasteiger partial charge on any atom is -0.330 e. The predicted octanol–water partition coefficient (Wildman–Crippen LogP) is 1.79. The van der Waals surface area contributed by atoms with Crippen molar-refractivity contribution in [3.05, 3.63) is 42.9 Å². The van der Waals surface area contributed by atoms with Crippen LogP contribution in [0.5, 0.6) is 0 Å². The Labute approximate surface area is 109 Å². The van der Waals surface area contributed by atoms with Crippen molar-refractivity contribution in [2.75, 3.05) is 5.32 Å². The number of fused-ring (bicyclic) bond motifs is 1. The minimum atomic E-state index is -0.0537. The van der Waals surface area contributed by atoms with Crippen LogP contribution in [-0.4, -0.2) is 25.7 Å². The first-order valence-corrected chi connectivity index (χ1v) is 6.02. The highest BCUT2D eigenvalue weighted by atomic mass is 16.1. The smallest absolute Gasteiger partial charge is 0.227 e. The molecule has 96 valence electrons. The van der Waals surface area contributed by atoms with Crippen LogP contribution in [0.4, 0.5) is 5.82 Å². The van der Waals surface area contributed by atoms with Gasteiger partial charge in [0.2, 0.25) is 5.91 Å². The Morgan fingerprint density at radius 3 is 3.05 bits per heavy atom. The molecule has 6 heteroatoms. The molecule has 2 aromatic heterocycles. The van der Waals surface area contributed by atoms with Crippen molar-refractivity contribution in [1.82, 2.24) is 19.7 Å². The van der Waals surface area contributed by atoms with Gasteiger partial charge in [-0.05, 0) is 12.1 Å². The first-order chi connectivity index (χ1) is 9.33. The summed E-state index contributed by atoms with van der Waals surface area (Å²) in [6, 6.07) is 9.58. The third-order valence-electron chi connectivity index (χ3n) is 2.88. The molecule has 2 heterocycles. The maximum atomic E-state index is 11.7. The Morgan fingerprint density at radius 2 is 2.21 bits per heavy atom. The molecule has 3 aromatic rings. The summed E-state index contributed by atoms with van der Waals surface area (Å²) >= 11 is 0. The van der Waals surface area contributed by atoms with E-state index >= 15 is 0 Å². The van der Waals surface area contributed by atoms with Crippen molar-refractivity contribution >= 4 is 22.8 Å². The number of nitrogens with zero attached hydrogens (tertiary/aromatic N) is 3. The van der Waals surface area contributed by atoms with Gasteiger partial charge in [0.05, 0.1) is 23.6 Å². The zero-order valence-electron chi connectivity index (χ0n) is 10.2. The molecule has 1 aromatic carbocycles. The Morgan fingerprint density at radius 1 is 1.32 bits per heavy atom. The van der Waals surface area contributed by atoms with E-state index in [-0.39, 0.29) is 5.91 Å². The number of aryl methyl sites for hydroxylation is 1. The van der Waals surface area contributed by atoms with E-state index in [9.17, 15) is 4.79 Å². The van der Waals surface area contributed by atoms with Gasteiger partial charge in [0.15, 0.2) is 0 Å². The summed E-state index contributed by atoms with van der Waals surface area (Å²) in [7, 11) is 0. The number of para-hydroxylation sites is 2. The second-order valence-electron chi connectivity index (χ2n) is 4.20. The van der Waals surface area contributed by atoms with Gasteiger partial charge in [-0.25, -0.2) is 4.98 Å². The molecular weight excluding hydrogens is 242 g/mol. The van der Waals surface area contributed by atoms with E-state index in [1.807, 2.05) is 28.8 Å². The molecule has 0 saturated carbocycles. The van der Waals surface area contributed by atoms with Crippen LogP contribution in [0.25, 0.3) is 11.0 Å². The van der Waals surface area contributed by atoms with E-state index in [0.29, 0.717) is 18.8 Å². The number of hydrogen-bond donors (Lipinski definition) is 2. The Balaban J connectivity index is 1.64. The second kappa shape index (κ2) is 4.93. The van der Waals surface area contributed by atoms with Crippen LogP contribution in [0.3, 0.4) is 0 Å². The quantitative estimate of drug-likeness (QED) is 0.746. The summed E-state index contributed by atoms with van der Waals surface area (Å²) in [6.45, 7) is 0.598. The Hall–Kier alpha value is -2.63. The first kappa shape index (κ1) is 11.5. The van der Waals surface area contributed by atoms with E-state index in [4.69, 9.17) is 0 Å². The predicted molar refractivity (Wildman–Crippen MR) is 71.6 cm³/mol. The molecule has 0 fully saturated rings. The fraction of sp³-hybridized carbons (Fsp3) is 0.154. The lowest BCUT2D eigenvalue weighted by atomic mass is 10.3. The zero-order chi connectivity index (χ0) is 13.1. The maximum absolute atomic E-state index is 11.7. The normalized spacial score (nSPS) is 10.7. The van der Waals surface area contributed by atoms with Gasteiger partial charge in [0.1, 0.15) is 5.82 Å². The lowest BCUT2D eigenvalue weighted by Crippen LogP contribution is -2.14. The summed E-state index contributed by atoms with van der Waals surface area (Å²) in [5.74, 6) is 0.558. The van der Waals surface area contributed by atoms with E-state index in [1.165, 1.54) is 0 Å². The Bertz CT molecular complexity index is 686. The molecule has 3 rings (SSSR count). The molecule has 0 unspecified atom stereocenters. The monoisotopic (exact) mass is 255 g/mol. The van der Waals surface area contributed by atoms with Gasteiger partial charge < -0.3 is 9.88 Å². The van der Waals surface area contributed by atoms with E-state index in [1.54, 1.807) is 18.6 Å². The van der Waals surface area contributed by atoms with Crippen LogP contribution in [-0.2, 0) is 11.3 Å². The van der Waals surface area contributed by atoms with Crippen LogP contribution in [0.1, 0.15) is 6.42 Å². The summed E-state index contributed by atoms with van der Waals surface area (Å²) in [6.07, 6.45) is 3.74. The number of aromatic amines is 1. The highest BCUT2D eigenvalue weighted by Crippen LogP contribution is 2.12. The average Bonchev–Trinajstić information content (AvgIpc) is 3.05. The maximum Gasteiger partial charge on any atom is 0.227 e. The highest BCUT2D eigenvalue weighted by molar-refractivity contribution is 5.89. The molecule has 0 aliphatic carbocycles. The van der Waals surface area contributed by atoms with E-state index < -0.39 is 0 Å². The van der Waals surface area contributed by atoms with Gasteiger partial charge in [0, 0.05) is 19.0 Å². The number of carbonyl (C=O) groups is 1. The number of imidazole rings is 1. The first-order valence-electron chi connectivity index (χ1n) is 6.02. The standard InChI is InChI=1S/C13H13N5O/c19-13(16-12-5-7-15-17-12)6-8-18-9-14-10-3-1-2-4-11(10)18/h1-5,7,9H,6,8H2,(H2,15,16,17,19). The topological polar surface area (TPSA) is 75.6 Å². The fourth-order valence-electron chi connectivity index (χ4n) is 1.95. The van der Waals surface area contributed by atoms with E-state index in [2.05, 4.69) is 20.5 Å². The molecule has 0 radical (unpaired) electrons. The van der Waals surface area contributed by atoms with Crippen molar-refractivity contribution in [2.45, 2.75) is 13.0 Å². The van der Waals surface area contributed by atoms with Gasteiger partial charge in [-0.15, -0.1) is 0 Å². The highest BCUT2D eigenvalue weighted by Gasteiger charge is 2.06. The van der Waals surface area contributed by atoms with Gasteiger partial charge in [-0.3, -0.25) is 9.89 Å². The fourth-order valence-corrected chi connectivity index (χ4v) is 1.95. The molecule has 19 heavy (non-hydrogen) atoms. The molecule has 0 spiro atoms. The SMILES string of the molecule is O=C(CCn1cnc2ccccc21)Nc1ccn[nH]1. The number of nitrogens with one attached hydrogen (secondary N) is 2. The van der Waals surface area contributed by atoms with Gasteiger partial charge in [-0.2, -0.15) is 5.10 Å². The van der Waals surface area contributed by atoms with Crippen LogP contribution in [0, 0.1) is 0 Å². The van der Waals surface area contributed by atoms with Crippen molar-refractivity contribution in [2.24, 2.45) is 0 Å². The van der Waals surface area contributed by atoms with Gasteiger partial charge in [0.25, 0.3) is 0 Å². The third-order valence-corrected chi connectivity index (χ3v) is 2.88. The largest absolute Gasteiger partial charge is 0.330 e. The zero-order valence-corrected chi connectivity index (χ0v) is 10.2. The summed E-state index contributed by atoms with van der Waals surface area (Å²) in [5, 5.41) is 9.20. The lowest BCUT2D eigenvalue weighted by molar-refractivity contribution is -0.116. The van der Waals surface area contributed by atoms with Gasteiger partial charge in [-0.1, -0.05) is 12.1 Å². The van der Waals surface area contributed by atoms with Crippen molar-refractivity contribution < 1.29 is 4.79 Å². The van der Waals surface area contributed by atoms with Crippen LogP contribution < -0.4 is 5.32 Å². The second-order valence-corrected chi connectivity index (χ2v) is 4.20. The Kier molecular flexibility index (Phi) is 2.97. The third kappa shape index (κ3) is 2.47. The number of hydrogen-bond acceptors (Lipinski definition) is 3. The van der Waals surface area contributed by atoms with Crippen molar-refractivity contribution in [1.29, 1.82) is 0 Å². The van der Waals surface area contributed by atoms with Crippen LogP contribution in [0.2, 0.25) is 0 Å². The molecule has 0 bridgehead atoms. The van der Waals surface area contributed by atoms with Crippen LogP contribution in [0.15, 0.2) is 42.9 Å². The van der Waals surface area contributed by atoms with E-state index in [0.717, 1.165) is 11.0 Å². The number of amides is 1. The number of anilines is 1. The molecule has 6 nitrogen and oxygen atoms in total. The number of benzene rings is 1. The molecular formula is C13H13N5O. The number of aromatic nitrogens is 4. The molecule has 0 aliphatic rings. The number of H-pyrrole nitrogens is 1. The minimum absolute atomic E-state index is 0.0537. The average molecular weight is 255 g/mol. The lowest BCUT2D eigenvalue weighted by Gasteiger charge is -2.04. The summed E-state index contributed by atoms with van der Waals surface area (Å²) in [4.78, 5) is 16.0. The molecule has 1 amide bonds. The number of carbonyl (C=O) groups excluding carboxylic acids is 1. The summed E-state index contributed by atoms with van der Waals surface area (Å²) in [5.41, 5.74) is 1.98. The van der Waals surface area contributed by atoms with Crippen LogP contribution >= 0.6 is 0 Å². The summed E-state index contributed by atoms with van der Waals surface area (Å²) < 4.78 is 1.97. The molecule has 0 saturated heterocycles. The molecule has 2 N–H and O–H groups in total.